The van der Waals surface area contributed by atoms with E-state index in [9.17, 15) is 4.79 Å². The maximum Gasteiger partial charge on any atom is 0.309 e. The van der Waals surface area contributed by atoms with Crippen molar-refractivity contribution in [1.29, 1.82) is 0 Å². The van der Waals surface area contributed by atoms with E-state index >= 15 is 0 Å². The largest absolute Gasteiger partial charge is 0.493 e. The highest BCUT2D eigenvalue weighted by atomic mass is 16.5. The number of esters is 1. The van der Waals surface area contributed by atoms with E-state index in [4.69, 9.17) is 19.9 Å². The van der Waals surface area contributed by atoms with Crippen LogP contribution in [0.2, 0.25) is 0 Å². The Hall–Kier alpha value is -2.69. The minimum atomic E-state index is -0.318. The minimum absolute atomic E-state index is 0.0217. The normalized spacial score (nSPS) is 15.5. The van der Waals surface area contributed by atoms with Crippen molar-refractivity contribution in [2.45, 2.75) is 51.0 Å². The Bertz CT molecular complexity index is 814. The summed E-state index contributed by atoms with van der Waals surface area (Å²) in [6.07, 6.45) is 6.39. The molecule has 2 aromatic carbocycles. The van der Waals surface area contributed by atoms with Crippen molar-refractivity contribution in [3.8, 4) is 11.5 Å². The molecule has 0 unspecified atom stereocenters. The molecule has 0 bridgehead atoms. The van der Waals surface area contributed by atoms with E-state index in [0.717, 1.165) is 43.2 Å². The van der Waals surface area contributed by atoms with Crippen LogP contribution in [0, 0.1) is 5.92 Å². The topological polar surface area (TPSA) is 70.8 Å². The number of hydrogen-bond donors (Lipinski definition) is 1. The number of anilines is 1. The maximum absolute atomic E-state index is 12.8. The molecule has 1 aliphatic rings. The van der Waals surface area contributed by atoms with E-state index in [2.05, 4.69) is 0 Å². The Morgan fingerprint density at radius 3 is 2.48 bits per heavy atom. The van der Waals surface area contributed by atoms with Crippen molar-refractivity contribution >= 4 is 11.7 Å². The first kappa shape index (κ1) is 21.0. The van der Waals surface area contributed by atoms with Gasteiger partial charge in [0.2, 0.25) is 0 Å². The van der Waals surface area contributed by atoms with Crippen molar-refractivity contribution in [1.82, 2.24) is 0 Å². The van der Waals surface area contributed by atoms with Crippen LogP contribution in [0.3, 0.4) is 0 Å². The Balaban J connectivity index is 1.73. The molecule has 0 aromatic heterocycles. The van der Waals surface area contributed by atoms with Crippen LogP contribution in [0.5, 0.6) is 11.5 Å². The quantitative estimate of drug-likeness (QED) is 0.497. The first-order chi connectivity index (χ1) is 14.1. The Kier molecular flexibility index (Phi) is 7.39. The van der Waals surface area contributed by atoms with Crippen LogP contribution in [0.15, 0.2) is 42.5 Å². The van der Waals surface area contributed by atoms with Crippen molar-refractivity contribution < 1.29 is 19.0 Å². The molecule has 0 spiro atoms. The molecule has 1 fully saturated rings. The second kappa shape index (κ2) is 10.2. The summed E-state index contributed by atoms with van der Waals surface area (Å²) in [7, 11) is 3.25. The zero-order valence-corrected chi connectivity index (χ0v) is 17.4. The van der Waals surface area contributed by atoms with Crippen LogP contribution in [-0.2, 0) is 16.0 Å². The van der Waals surface area contributed by atoms with Crippen LogP contribution in [0.1, 0.15) is 55.8 Å². The van der Waals surface area contributed by atoms with Crippen LogP contribution in [-0.4, -0.2) is 20.2 Å². The van der Waals surface area contributed by atoms with Crippen LogP contribution < -0.4 is 15.2 Å². The third-order valence-corrected chi connectivity index (χ3v) is 5.62. The highest BCUT2D eigenvalue weighted by Gasteiger charge is 2.26. The van der Waals surface area contributed by atoms with Crippen LogP contribution >= 0.6 is 0 Å². The number of nitrogen functional groups attached to an aromatic ring is 1. The average Bonchev–Trinajstić information content (AvgIpc) is 2.76. The smallest absolute Gasteiger partial charge is 0.309 e. The molecular weight excluding hydrogens is 366 g/mol. The predicted octanol–water partition coefficient (Wildman–Crippen LogP) is 5.08. The number of carbonyl (C=O) groups is 1. The predicted molar refractivity (Wildman–Crippen MR) is 114 cm³/mol. The molecule has 2 aromatic rings. The number of carbonyl (C=O) groups excluding carboxylic acids is 1. The molecule has 5 nitrogen and oxygen atoms in total. The highest BCUT2D eigenvalue weighted by Crippen LogP contribution is 2.32. The summed E-state index contributed by atoms with van der Waals surface area (Å²) in [6, 6.07) is 13.5. The van der Waals surface area contributed by atoms with Crippen molar-refractivity contribution in [3.05, 3.63) is 53.6 Å². The maximum atomic E-state index is 12.8. The molecule has 1 saturated carbocycles. The average molecular weight is 398 g/mol. The fourth-order valence-electron chi connectivity index (χ4n) is 3.96. The number of methoxy groups -OCH3 is 2. The Morgan fingerprint density at radius 2 is 1.79 bits per heavy atom. The number of hydrogen-bond acceptors (Lipinski definition) is 5. The molecule has 0 radical (unpaired) electrons. The molecule has 0 amide bonds. The van der Waals surface area contributed by atoms with Gasteiger partial charge in [0.15, 0.2) is 11.5 Å². The van der Waals surface area contributed by atoms with Gasteiger partial charge in [0.05, 0.1) is 20.1 Å². The van der Waals surface area contributed by atoms with Gasteiger partial charge >= 0.3 is 5.97 Å². The third kappa shape index (κ3) is 5.66. The molecule has 2 N–H and O–H groups in total. The third-order valence-electron chi connectivity index (χ3n) is 5.62. The van der Waals surface area contributed by atoms with Gasteiger partial charge in [-0.2, -0.15) is 0 Å². The Labute approximate surface area is 173 Å². The molecule has 3 rings (SSSR count). The van der Waals surface area contributed by atoms with Gasteiger partial charge in [-0.3, -0.25) is 4.79 Å². The lowest BCUT2D eigenvalue weighted by Gasteiger charge is -2.25. The highest BCUT2D eigenvalue weighted by molar-refractivity contribution is 5.72. The molecule has 0 aliphatic heterocycles. The van der Waals surface area contributed by atoms with Gasteiger partial charge in [0.25, 0.3) is 0 Å². The molecule has 1 aliphatic carbocycles. The van der Waals surface area contributed by atoms with E-state index < -0.39 is 0 Å². The van der Waals surface area contributed by atoms with Crippen molar-refractivity contribution in [3.63, 3.8) is 0 Å². The van der Waals surface area contributed by atoms with E-state index in [-0.39, 0.29) is 18.0 Å². The lowest BCUT2D eigenvalue weighted by molar-refractivity contribution is -0.156. The number of benzene rings is 2. The summed E-state index contributed by atoms with van der Waals surface area (Å²) < 4.78 is 16.7. The Morgan fingerprint density at radius 1 is 1.03 bits per heavy atom. The first-order valence-corrected chi connectivity index (χ1v) is 10.4. The number of ether oxygens (including phenoxy) is 3. The van der Waals surface area contributed by atoms with Gasteiger partial charge in [0.1, 0.15) is 6.10 Å². The van der Waals surface area contributed by atoms with Crippen LogP contribution in [0.25, 0.3) is 0 Å². The summed E-state index contributed by atoms with van der Waals surface area (Å²) in [4.78, 5) is 12.8. The van der Waals surface area contributed by atoms with E-state index in [0.29, 0.717) is 23.6 Å². The number of nitrogens with two attached hydrogens (primary N) is 1. The van der Waals surface area contributed by atoms with Crippen molar-refractivity contribution in [2.24, 2.45) is 5.92 Å². The second-order valence-corrected chi connectivity index (χ2v) is 7.66. The molecule has 5 heteroatoms. The minimum Gasteiger partial charge on any atom is -0.493 e. The molecular formula is C24H31NO4. The molecule has 0 saturated heterocycles. The molecule has 29 heavy (non-hydrogen) atoms. The lowest BCUT2D eigenvalue weighted by atomic mass is 9.89. The standard InChI is InChI=1S/C24H31NO4/c1-27-22-14-12-17(15-23(22)28-2)11-13-21(19-9-6-10-20(25)16-19)29-24(26)18-7-4-3-5-8-18/h6,9-10,12,14-16,18,21H,3-5,7-8,11,13,25H2,1-2H3/t21-/m1/s1. The van der Waals surface area contributed by atoms with Gasteiger partial charge in [-0.05, 0) is 61.1 Å². The van der Waals surface area contributed by atoms with Crippen LogP contribution in [0.4, 0.5) is 5.69 Å². The summed E-state index contributed by atoms with van der Waals surface area (Å²) >= 11 is 0. The zero-order valence-electron chi connectivity index (χ0n) is 17.4. The van der Waals surface area contributed by atoms with Gasteiger partial charge < -0.3 is 19.9 Å². The number of rotatable bonds is 8. The number of aryl methyl sites for hydroxylation is 1. The monoisotopic (exact) mass is 397 g/mol. The fourth-order valence-corrected chi connectivity index (χ4v) is 3.96. The van der Waals surface area contributed by atoms with Gasteiger partial charge in [-0.25, -0.2) is 0 Å². The molecule has 1 atom stereocenters. The van der Waals surface area contributed by atoms with E-state index in [1.807, 2.05) is 42.5 Å². The summed E-state index contributed by atoms with van der Waals surface area (Å²) in [5, 5.41) is 0. The molecule has 0 heterocycles. The molecule has 156 valence electrons. The summed E-state index contributed by atoms with van der Waals surface area (Å²) in [5.74, 6) is 1.34. The lowest BCUT2D eigenvalue weighted by Crippen LogP contribution is -2.23. The fraction of sp³-hybridized carbons (Fsp3) is 0.458. The first-order valence-electron chi connectivity index (χ1n) is 10.4. The van der Waals surface area contributed by atoms with E-state index in [1.54, 1.807) is 14.2 Å². The summed E-state index contributed by atoms with van der Waals surface area (Å²) in [5.41, 5.74) is 8.69. The summed E-state index contributed by atoms with van der Waals surface area (Å²) in [6.45, 7) is 0. The van der Waals surface area contributed by atoms with Gasteiger partial charge in [-0.15, -0.1) is 0 Å². The van der Waals surface area contributed by atoms with Gasteiger partial charge in [-0.1, -0.05) is 37.5 Å². The van der Waals surface area contributed by atoms with Gasteiger partial charge in [0, 0.05) is 5.69 Å². The van der Waals surface area contributed by atoms with Crippen molar-refractivity contribution in [2.75, 3.05) is 20.0 Å². The van der Waals surface area contributed by atoms with E-state index in [1.165, 1.54) is 6.42 Å². The zero-order chi connectivity index (χ0) is 20.6. The second-order valence-electron chi connectivity index (χ2n) is 7.66. The SMILES string of the molecule is COc1ccc(CC[C@@H](OC(=O)C2CCCCC2)c2cccc(N)c2)cc1OC.